The van der Waals surface area contributed by atoms with Crippen LogP contribution in [0.2, 0.25) is 0 Å². The zero-order valence-electron chi connectivity index (χ0n) is 9.04. The molecule has 2 fully saturated rings. The number of nitriles is 1. The number of nitrogens with one attached hydrogen (secondary N) is 1. The van der Waals surface area contributed by atoms with Crippen LogP contribution in [0.15, 0.2) is 0 Å². The Labute approximate surface area is 90.8 Å². The van der Waals surface area contributed by atoms with E-state index in [4.69, 9.17) is 5.26 Å². The van der Waals surface area contributed by atoms with Crippen LogP contribution in [0.1, 0.15) is 44.9 Å². The summed E-state index contributed by atoms with van der Waals surface area (Å²) in [4.78, 5) is 11.6. The molecule has 0 heterocycles. The summed E-state index contributed by atoms with van der Waals surface area (Å²) in [5.74, 6) is 0.828. The highest BCUT2D eigenvalue weighted by molar-refractivity contribution is 5.76. The molecule has 3 heteroatoms. The van der Waals surface area contributed by atoms with E-state index in [-0.39, 0.29) is 17.9 Å². The summed E-state index contributed by atoms with van der Waals surface area (Å²) >= 11 is 0. The number of rotatable bonds is 3. The Bertz CT molecular complexity index is 278. The van der Waals surface area contributed by atoms with Crippen LogP contribution < -0.4 is 5.32 Å². The molecule has 0 aromatic heterocycles. The van der Waals surface area contributed by atoms with Crippen LogP contribution in [0.5, 0.6) is 0 Å². The molecule has 82 valence electrons. The van der Waals surface area contributed by atoms with Gasteiger partial charge >= 0.3 is 0 Å². The van der Waals surface area contributed by atoms with E-state index in [1.165, 1.54) is 19.3 Å². The molecule has 2 saturated carbocycles. The molecule has 2 atom stereocenters. The fraction of sp³-hybridized carbons (Fsp3) is 0.833. The molecule has 0 spiro atoms. The fourth-order valence-electron chi connectivity index (χ4n) is 2.51. The van der Waals surface area contributed by atoms with Crippen LogP contribution in [-0.2, 0) is 4.79 Å². The summed E-state index contributed by atoms with van der Waals surface area (Å²) in [5, 5.41) is 11.9. The molecule has 15 heavy (non-hydrogen) atoms. The summed E-state index contributed by atoms with van der Waals surface area (Å²) in [6.07, 6.45) is 7.38. The van der Waals surface area contributed by atoms with E-state index in [0.717, 1.165) is 19.3 Å². The van der Waals surface area contributed by atoms with Gasteiger partial charge in [-0.1, -0.05) is 6.42 Å². The molecule has 0 bridgehead atoms. The zero-order valence-corrected chi connectivity index (χ0v) is 9.04. The third-order valence-corrected chi connectivity index (χ3v) is 3.73. The van der Waals surface area contributed by atoms with Gasteiger partial charge in [-0.3, -0.25) is 4.79 Å². The van der Waals surface area contributed by atoms with E-state index in [1.54, 1.807) is 0 Å². The van der Waals surface area contributed by atoms with Crippen molar-refractivity contribution in [1.29, 1.82) is 5.26 Å². The minimum Gasteiger partial charge on any atom is -0.352 e. The molecule has 0 saturated heterocycles. The van der Waals surface area contributed by atoms with Crippen molar-refractivity contribution in [2.45, 2.75) is 51.0 Å². The number of nitrogens with zero attached hydrogens (tertiary/aromatic N) is 1. The van der Waals surface area contributed by atoms with Crippen molar-refractivity contribution >= 4 is 5.91 Å². The average molecular weight is 206 g/mol. The highest BCUT2D eigenvalue weighted by atomic mass is 16.1. The molecule has 2 aliphatic carbocycles. The number of carbonyl (C=O) groups is 1. The second-order valence-electron chi connectivity index (χ2n) is 4.84. The van der Waals surface area contributed by atoms with E-state index in [9.17, 15) is 4.79 Å². The lowest BCUT2D eigenvalue weighted by molar-refractivity contribution is -0.123. The first-order chi connectivity index (χ1) is 7.29. The van der Waals surface area contributed by atoms with Gasteiger partial charge in [0.05, 0.1) is 12.0 Å². The quantitative estimate of drug-likeness (QED) is 0.767. The Hall–Kier alpha value is -1.04. The molecule has 2 rings (SSSR count). The van der Waals surface area contributed by atoms with Crippen LogP contribution in [-0.4, -0.2) is 11.9 Å². The van der Waals surface area contributed by atoms with Gasteiger partial charge in [-0.05, 0) is 38.0 Å². The molecule has 3 nitrogen and oxygen atoms in total. The molecular formula is C12H18N2O. The van der Waals surface area contributed by atoms with Crippen molar-refractivity contribution in [2.24, 2.45) is 11.8 Å². The standard InChI is InChI=1S/C12H18N2O/c13-8-10-5-2-6-11(10)14-12(15)7-9-3-1-4-9/h9-11H,1-7H2,(H,14,15). The minimum absolute atomic E-state index is 0.0512. The van der Waals surface area contributed by atoms with Gasteiger partial charge in [0.2, 0.25) is 5.91 Å². The first-order valence-electron chi connectivity index (χ1n) is 5.98. The molecule has 1 amide bonds. The summed E-state index contributed by atoms with van der Waals surface area (Å²) < 4.78 is 0. The van der Waals surface area contributed by atoms with Gasteiger partial charge in [-0.25, -0.2) is 0 Å². The summed E-state index contributed by atoms with van der Waals surface area (Å²) in [6, 6.07) is 2.41. The van der Waals surface area contributed by atoms with Gasteiger partial charge in [0, 0.05) is 12.5 Å². The highest BCUT2D eigenvalue weighted by Gasteiger charge is 2.29. The van der Waals surface area contributed by atoms with E-state index < -0.39 is 0 Å². The maximum absolute atomic E-state index is 11.6. The Balaban J connectivity index is 1.75. The summed E-state index contributed by atoms with van der Waals surface area (Å²) in [5.41, 5.74) is 0. The first-order valence-corrected chi connectivity index (χ1v) is 5.98. The minimum atomic E-state index is 0.0512. The number of amides is 1. The molecular weight excluding hydrogens is 188 g/mol. The van der Waals surface area contributed by atoms with Crippen molar-refractivity contribution in [1.82, 2.24) is 5.32 Å². The van der Waals surface area contributed by atoms with Crippen molar-refractivity contribution in [3.8, 4) is 6.07 Å². The zero-order chi connectivity index (χ0) is 10.7. The molecule has 0 aromatic carbocycles. The largest absolute Gasteiger partial charge is 0.352 e. The average Bonchev–Trinajstić information content (AvgIpc) is 2.59. The normalized spacial score (nSPS) is 30.6. The SMILES string of the molecule is N#CC1CCCC1NC(=O)CC1CCC1. The maximum Gasteiger partial charge on any atom is 0.220 e. The Kier molecular flexibility index (Phi) is 3.25. The van der Waals surface area contributed by atoms with Gasteiger partial charge in [-0.15, -0.1) is 0 Å². The van der Waals surface area contributed by atoms with Crippen LogP contribution >= 0.6 is 0 Å². The number of carbonyl (C=O) groups excluding carboxylic acids is 1. The second kappa shape index (κ2) is 4.65. The van der Waals surface area contributed by atoms with Crippen molar-refractivity contribution in [3.05, 3.63) is 0 Å². The fourth-order valence-corrected chi connectivity index (χ4v) is 2.51. The Morgan fingerprint density at radius 1 is 1.27 bits per heavy atom. The second-order valence-corrected chi connectivity index (χ2v) is 4.84. The molecule has 1 N–H and O–H groups in total. The van der Waals surface area contributed by atoms with Crippen molar-refractivity contribution in [3.63, 3.8) is 0 Å². The van der Waals surface area contributed by atoms with Gasteiger partial charge in [-0.2, -0.15) is 5.26 Å². The molecule has 2 aliphatic rings. The van der Waals surface area contributed by atoms with Gasteiger partial charge in [0.15, 0.2) is 0 Å². The van der Waals surface area contributed by atoms with E-state index >= 15 is 0 Å². The summed E-state index contributed by atoms with van der Waals surface area (Å²) in [7, 11) is 0. The van der Waals surface area contributed by atoms with Crippen LogP contribution in [0.4, 0.5) is 0 Å². The van der Waals surface area contributed by atoms with E-state index in [0.29, 0.717) is 12.3 Å². The molecule has 0 aliphatic heterocycles. The lowest BCUT2D eigenvalue weighted by atomic mass is 9.83. The Morgan fingerprint density at radius 2 is 2.00 bits per heavy atom. The van der Waals surface area contributed by atoms with Gasteiger partial charge in [0.1, 0.15) is 0 Å². The van der Waals surface area contributed by atoms with Crippen LogP contribution in [0.25, 0.3) is 0 Å². The number of hydrogen-bond acceptors (Lipinski definition) is 2. The van der Waals surface area contributed by atoms with E-state index in [1.807, 2.05) is 0 Å². The first kappa shape index (κ1) is 10.5. The molecule has 0 aromatic rings. The monoisotopic (exact) mass is 206 g/mol. The van der Waals surface area contributed by atoms with Gasteiger partial charge in [0.25, 0.3) is 0 Å². The maximum atomic E-state index is 11.6. The third-order valence-electron chi connectivity index (χ3n) is 3.73. The third kappa shape index (κ3) is 2.50. The predicted octanol–water partition coefficient (Wildman–Crippen LogP) is 1.99. The lowest BCUT2D eigenvalue weighted by Gasteiger charge is -2.25. The predicted molar refractivity (Wildman–Crippen MR) is 56.8 cm³/mol. The van der Waals surface area contributed by atoms with E-state index in [2.05, 4.69) is 11.4 Å². The number of hydrogen-bond donors (Lipinski definition) is 1. The summed E-state index contributed by atoms with van der Waals surface area (Å²) in [6.45, 7) is 0. The van der Waals surface area contributed by atoms with Gasteiger partial charge < -0.3 is 5.32 Å². The molecule has 2 unspecified atom stereocenters. The van der Waals surface area contributed by atoms with Crippen LogP contribution in [0, 0.1) is 23.2 Å². The highest BCUT2D eigenvalue weighted by Crippen LogP contribution is 2.30. The Morgan fingerprint density at radius 3 is 2.60 bits per heavy atom. The smallest absolute Gasteiger partial charge is 0.220 e. The van der Waals surface area contributed by atoms with Crippen molar-refractivity contribution < 1.29 is 4.79 Å². The molecule has 0 radical (unpaired) electrons. The topological polar surface area (TPSA) is 52.9 Å². The van der Waals surface area contributed by atoms with Crippen molar-refractivity contribution in [2.75, 3.05) is 0 Å². The lowest BCUT2D eigenvalue weighted by Crippen LogP contribution is -2.38. The van der Waals surface area contributed by atoms with Crippen LogP contribution in [0.3, 0.4) is 0 Å².